The number of rotatable bonds is 0. The Balaban J connectivity index is -0.000000245. The van der Waals surface area contributed by atoms with Gasteiger partial charge in [-0.25, -0.2) is 0 Å². The number of hydrogen-bond acceptors (Lipinski definition) is 2. The van der Waals surface area contributed by atoms with Gasteiger partial charge in [0.2, 0.25) is 0 Å². The number of halogens is 4. The third-order valence-electron chi connectivity index (χ3n) is 0.292. The smallest absolute Gasteiger partial charge is 0.279 e. The monoisotopic (exact) mass is 242 g/mol. The van der Waals surface area contributed by atoms with E-state index in [2.05, 4.69) is 0 Å². The minimum atomic E-state index is -5.84. The van der Waals surface area contributed by atoms with Gasteiger partial charge in [-0.1, -0.05) is 0 Å². The van der Waals surface area contributed by atoms with Gasteiger partial charge in [-0.15, -0.1) is 12.4 Å². The molecule has 0 fully saturated rings. The van der Waals surface area contributed by atoms with E-state index in [1.54, 1.807) is 0 Å². The van der Waals surface area contributed by atoms with Crippen LogP contribution in [0.2, 0.25) is 0 Å². The first-order chi connectivity index (χ1) is 3.25. The van der Waals surface area contributed by atoms with Crippen LogP contribution < -0.4 is 0 Å². The van der Waals surface area contributed by atoms with E-state index >= 15 is 0 Å². The summed E-state index contributed by atoms with van der Waals surface area (Å²) in [5, 5.41) is 0. The summed E-state index contributed by atoms with van der Waals surface area (Å²) in [5.74, 6) is 0. The second kappa shape index (κ2) is 4.40. The normalized spacial score (nSPS) is 11.2. The average Bonchev–Trinajstić information content (AvgIpc) is 1.25. The summed E-state index contributed by atoms with van der Waals surface area (Å²) >= 11 is 0. The fourth-order valence-electron chi connectivity index (χ4n) is 0. The fourth-order valence-corrected chi connectivity index (χ4v) is 0. The van der Waals surface area contributed by atoms with Crippen molar-refractivity contribution in [3.8, 4) is 0 Å². The van der Waals surface area contributed by atoms with Crippen LogP contribution in [0, 0.1) is 0 Å². The molecule has 9 heteroatoms. The van der Waals surface area contributed by atoms with Gasteiger partial charge in [0.1, 0.15) is 0 Å². The van der Waals surface area contributed by atoms with E-state index in [4.69, 9.17) is 13.0 Å². The van der Waals surface area contributed by atoms with Crippen LogP contribution in [0.15, 0.2) is 0 Å². The third-order valence-corrected chi connectivity index (χ3v) is 0.877. The van der Waals surface area contributed by atoms with Crippen LogP contribution in [0.1, 0.15) is 0 Å². The van der Waals surface area contributed by atoms with Crippen molar-refractivity contribution in [1.82, 2.24) is 0 Å². The van der Waals surface area contributed by atoms with Crippen LogP contribution in [-0.4, -0.2) is 18.5 Å². The molecule has 0 spiro atoms. The molecule has 0 saturated carbocycles. The molecule has 10 heavy (non-hydrogen) atoms. The molecule has 0 aliphatic carbocycles. The predicted molar refractivity (Wildman–Crippen MR) is 24.9 cm³/mol. The zero-order valence-corrected chi connectivity index (χ0v) is 6.80. The van der Waals surface area contributed by atoms with Gasteiger partial charge in [0.25, 0.3) is 0 Å². The van der Waals surface area contributed by atoms with Crippen molar-refractivity contribution >= 4 is 22.5 Å². The summed E-state index contributed by atoms with van der Waals surface area (Å²) in [6.07, 6.45) is 0. The zero-order chi connectivity index (χ0) is 7.00. The van der Waals surface area contributed by atoms with Crippen molar-refractivity contribution in [1.29, 1.82) is 0 Å². The van der Waals surface area contributed by atoms with Gasteiger partial charge in [0, 0.05) is 17.1 Å². The first kappa shape index (κ1) is 16.9. The van der Waals surface area contributed by atoms with Crippen molar-refractivity contribution in [2.75, 3.05) is 0 Å². The Bertz CT molecular complexity index is 173. The van der Waals surface area contributed by atoms with Crippen LogP contribution in [0.25, 0.3) is 0 Å². The zero-order valence-electron chi connectivity index (χ0n) is 4.07. The fraction of sp³-hybridized carbons (Fsp3) is 1.00. The topological polar surface area (TPSA) is 54.4 Å². The summed E-state index contributed by atoms with van der Waals surface area (Å²) in [6.45, 7) is 0. The van der Waals surface area contributed by atoms with Gasteiger partial charge >= 0.3 is 15.6 Å². The SMILES string of the molecule is Cl.O=S(=O)(O)C(F)(F)F.[Fe]. The molecule has 0 aliphatic heterocycles. The molecule has 0 amide bonds. The van der Waals surface area contributed by atoms with Crippen LogP contribution >= 0.6 is 12.4 Å². The van der Waals surface area contributed by atoms with Gasteiger partial charge in [0.05, 0.1) is 0 Å². The second-order valence-corrected chi connectivity index (χ2v) is 2.33. The minimum absolute atomic E-state index is 0. The van der Waals surface area contributed by atoms with E-state index in [9.17, 15) is 13.2 Å². The molecule has 0 aliphatic rings. The second-order valence-electron chi connectivity index (χ2n) is 0.921. The molecule has 0 aromatic rings. The molecule has 0 aromatic carbocycles. The van der Waals surface area contributed by atoms with Crippen LogP contribution in [-0.2, 0) is 27.2 Å². The molecule has 0 rings (SSSR count). The molecule has 0 atom stereocenters. The molecule has 3 nitrogen and oxygen atoms in total. The molecule has 0 saturated heterocycles. The molecular formula is CH2ClF3FeO3S. The Morgan fingerprint density at radius 2 is 1.30 bits per heavy atom. The van der Waals surface area contributed by atoms with E-state index in [0.29, 0.717) is 0 Å². The number of alkyl halides is 3. The van der Waals surface area contributed by atoms with Crippen molar-refractivity contribution < 1.29 is 43.2 Å². The van der Waals surface area contributed by atoms with Crippen molar-refractivity contribution in [3.05, 3.63) is 0 Å². The van der Waals surface area contributed by atoms with Gasteiger partial charge in [-0.3, -0.25) is 4.55 Å². The summed E-state index contributed by atoms with van der Waals surface area (Å²) < 4.78 is 57.5. The number of hydrogen-bond donors (Lipinski definition) is 1. The Morgan fingerprint density at radius 3 is 1.30 bits per heavy atom. The molecular weight excluding hydrogens is 240 g/mol. The molecule has 0 heterocycles. The Kier molecular flexibility index (Phi) is 7.42. The van der Waals surface area contributed by atoms with E-state index in [0.717, 1.165) is 0 Å². The summed E-state index contributed by atoms with van der Waals surface area (Å²) in [6, 6.07) is 0. The summed E-state index contributed by atoms with van der Waals surface area (Å²) in [4.78, 5) is 0. The Morgan fingerprint density at radius 1 is 1.20 bits per heavy atom. The molecule has 0 unspecified atom stereocenters. The molecule has 0 aromatic heterocycles. The summed E-state index contributed by atoms with van der Waals surface area (Å²) in [5.41, 5.74) is -5.53. The molecule has 1 N–H and O–H groups in total. The molecule has 0 radical (unpaired) electrons. The van der Waals surface area contributed by atoms with Crippen LogP contribution in [0.4, 0.5) is 13.2 Å². The molecule has 66 valence electrons. The first-order valence-corrected chi connectivity index (χ1v) is 2.73. The van der Waals surface area contributed by atoms with E-state index in [-0.39, 0.29) is 29.5 Å². The van der Waals surface area contributed by atoms with Crippen LogP contribution in [0.5, 0.6) is 0 Å². The maximum atomic E-state index is 10.7. The maximum Gasteiger partial charge on any atom is 0.522 e. The van der Waals surface area contributed by atoms with Crippen molar-refractivity contribution in [3.63, 3.8) is 0 Å². The standard InChI is InChI=1S/CHF3O3S.ClH.Fe/c2-1(3,4)8(5,6)7;;/h(H,5,6,7);1H;. The van der Waals surface area contributed by atoms with Crippen molar-refractivity contribution in [2.24, 2.45) is 0 Å². The van der Waals surface area contributed by atoms with Gasteiger partial charge in [0.15, 0.2) is 0 Å². The maximum absolute atomic E-state index is 10.7. The first-order valence-electron chi connectivity index (χ1n) is 1.29. The van der Waals surface area contributed by atoms with Crippen LogP contribution in [0.3, 0.4) is 0 Å². The molecule has 0 bridgehead atoms. The Labute approximate surface area is 71.6 Å². The minimum Gasteiger partial charge on any atom is -0.279 e. The van der Waals surface area contributed by atoms with Gasteiger partial charge in [-0.2, -0.15) is 21.6 Å². The predicted octanol–water partition coefficient (Wildman–Crippen LogP) is 0.813. The van der Waals surface area contributed by atoms with E-state index < -0.39 is 15.6 Å². The van der Waals surface area contributed by atoms with Gasteiger partial charge in [-0.05, 0) is 0 Å². The Hall–Kier alpha value is 0.509. The largest absolute Gasteiger partial charge is 0.522 e. The quantitative estimate of drug-likeness (QED) is 0.388. The third kappa shape index (κ3) is 5.31. The van der Waals surface area contributed by atoms with Crippen molar-refractivity contribution in [2.45, 2.75) is 5.51 Å². The van der Waals surface area contributed by atoms with E-state index in [1.165, 1.54) is 0 Å². The average molecular weight is 242 g/mol. The van der Waals surface area contributed by atoms with Gasteiger partial charge < -0.3 is 0 Å². The van der Waals surface area contributed by atoms with E-state index in [1.807, 2.05) is 0 Å². The summed E-state index contributed by atoms with van der Waals surface area (Å²) in [7, 11) is -5.84.